The van der Waals surface area contributed by atoms with E-state index in [1.807, 2.05) is 20.8 Å². The molecule has 24 heavy (non-hydrogen) atoms. The van der Waals surface area contributed by atoms with E-state index in [1.165, 1.54) is 16.7 Å². The molecule has 0 spiro atoms. The van der Waals surface area contributed by atoms with Gasteiger partial charge in [-0.15, -0.1) is 0 Å². The molecule has 0 bridgehead atoms. The molecular weight excluding hydrogens is 326 g/mol. The van der Waals surface area contributed by atoms with Gasteiger partial charge >= 0.3 is 0 Å². The summed E-state index contributed by atoms with van der Waals surface area (Å²) in [6.07, 6.45) is 0.177. The highest BCUT2D eigenvalue weighted by atomic mass is 32.2. The number of thioether (sulfide) groups is 1. The van der Waals surface area contributed by atoms with E-state index in [2.05, 4.69) is 10.3 Å². The normalized spacial score (nSPS) is 18.2. The lowest BCUT2D eigenvalue weighted by Crippen LogP contribution is -2.32. The minimum atomic E-state index is -0.447. The summed E-state index contributed by atoms with van der Waals surface area (Å²) >= 11 is 1.32. The smallest absolute Gasteiger partial charge is 0.247 e. The molecule has 1 atom stereocenters. The number of nitrogens with one attached hydrogen (secondary N) is 1. The van der Waals surface area contributed by atoms with E-state index in [0.29, 0.717) is 29.8 Å². The third-order valence-electron chi connectivity index (χ3n) is 3.38. The van der Waals surface area contributed by atoms with Crippen LogP contribution >= 0.6 is 11.8 Å². The van der Waals surface area contributed by atoms with E-state index in [-0.39, 0.29) is 18.2 Å². The predicted octanol–water partition coefficient (Wildman–Crippen LogP) is 2.44. The number of aliphatic imine (C=N–C) groups is 1. The van der Waals surface area contributed by atoms with E-state index < -0.39 is 5.25 Å². The average molecular weight is 349 g/mol. The summed E-state index contributed by atoms with van der Waals surface area (Å²) in [5.41, 5.74) is 0.552. The summed E-state index contributed by atoms with van der Waals surface area (Å²) in [4.78, 5) is 30.6. The molecule has 1 aliphatic heterocycles. The number of imide groups is 1. The first kappa shape index (κ1) is 18.3. The maximum absolute atomic E-state index is 12.7. The molecule has 1 aromatic rings. The molecule has 1 N–H and O–H groups in total. The first-order valence-corrected chi connectivity index (χ1v) is 9.03. The fourth-order valence-electron chi connectivity index (χ4n) is 2.41. The van der Waals surface area contributed by atoms with Crippen LogP contribution in [-0.4, -0.2) is 41.9 Å². The number of hydrogen-bond acceptors (Lipinski definition) is 5. The van der Waals surface area contributed by atoms with Crippen LogP contribution in [0.25, 0.3) is 0 Å². The third-order valence-corrected chi connectivity index (χ3v) is 4.53. The summed E-state index contributed by atoms with van der Waals surface area (Å²) in [6, 6.07) is 7.06. The number of ether oxygens (including phenoxy) is 1. The second kappa shape index (κ2) is 8.73. The van der Waals surface area contributed by atoms with Crippen molar-refractivity contribution in [2.24, 2.45) is 4.99 Å². The van der Waals surface area contributed by atoms with E-state index in [0.717, 1.165) is 6.54 Å². The Hall–Kier alpha value is -2.02. The molecule has 2 rings (SSSR count). The minimum Gasteiger partial charge on any atom is -0.494 e. The monoisotopic (exact) mass is 349 g/mol. The van der Waals surface area contributed by atoms with Crippen LogP contribution in [0.15, 0.2) is 29.3 Å². The first-order chi connectivity index (χ1) is 11.6. The van der Waals surface area contributed by atoms with Gasteiger partial charge in [-0.1, -0.05) is 17.8 Å². The van der Waals surface area contributed by atoms with Gasteiger partial charge < -0.3 is 10.1 Å². The Bertz CT molecular complexity index is 633. The SMILES string of the molecule is CCN=C(NCC)S[C@@H]1CC(=O)N(c2cccc(OCC)c2)C1=O. The Kier molecular flexibility index (Phi) is 6.66. The maximum Gasteiger partial charge on any atom is 0.247 e. The molecule has 1 heterocycles. The van der Waals surface area contributed by atoms with Crippen molar-refractivity contribution in [1.82, 2.24) is 5.32 Å². The number of amidine groups is 1. The Labute approximate surface area is 146 Å². The largest absolute Gasteiger partial charge is 0.494 e. The maximum atomic E-state index is 12.7. The van der Waals surface area contributed by atoms with Crippen LogP contribution in [0.2, 0.25) is 0 Å². The van der Waals surface area contributed by atoms with Gasteiger partial charge in [0.1, 0.15) is 11.0 Å². The Morgan fingerprint density at radius 2 is 2.17 bits per heavy atom. The molecule has 1 saturated heterocycles. The van der Waals surface area contributed by atoms with Crippen LogP contribution in [0.5, 0.6) is 5.75 Å². The second-order valence-electron chi connectivity index (χ2n) is 5.12. The van der Waals surface area contributed by atoms with Crippen molar-refractivity contribution >= 4 is 34.4 Å². The zero-order valence-corrected chi connectivity index (χ0v) is 15.1. The highest BCUT2D eigenvalue weighted by molar-refractivity contribution is 8.15. The lowest BCUT2D eigenvalue weighted by atomic mass is 10.3. The molecule has 1 fully saturated rings. The number of benzene rings is 1. The second-order valence-corrected chi connectivity index (χ2v) is 6.31. The summed E-state index contributed by atoms with van der Waals surface area (Å²) in [5.74, 6) is 0.242. The van der Waals surface area contributed by atoms with Gasteiger partial charge in [-0.25, -0.2) is 4.90 Å². The topological polar surface area (TPSA) is 71.0 Å². The predicted molar refractivity (Wildman–Crippen MR) is 97.8 cm³/mol. The van der Waals surface area contributed by atoms with Gasteiger partial charge in [0.25, 0.3) is 0 Å². The van der Waals surface area contributed by atoms with Crippen LogP contribution in [0.1, 0.15) is 27.2 Å². The molecule has 0 aromatic heterocycles. The molecule has 2 amide bonds. The van der Waals surface area contributed by atoms with Crippen molar-refractivity contribution in [3.8, 4) is 5.75 Å². The molecule has 6 nitrogen and oxygen atoms in total. The number of carbonyl (C=O) groups excluding carboxylic acids is 2. The molecule has 1 aromatic carbocycles. The third kappa shape index (κ3) is 4.29. The van der Waals surface area contributed by atoms with Gasteiger partial charge in [0.2, 0.25) is 11.8 Å². The molecule has 0 radical (unpaired) electrons. The van der Waals surface area contributed by atoms with Crippen molar-refractivity contribution < 1.29 is 14.3 Å². The standard InChI is InChI=1S/C17H23N3O3S/c1-4-18-17(19-5-2)24-14-11-15(21)20(16(14)22)12-8-7-9-13(10-12)23-6-3/h7-10,14H,4-6,11H2,1-3H3,(H,18,19)/t14-/m1/s1. The zero-order chi connectivity index (χ0) is 17.5. The molecule has 0 saturated carbocycles. The highest BCUT2D eigenvalue weighted by Crippen LogP contribution is 2.31. The van der Waals surface area contributed by atoms with Crippen LogP contribution in [0.3, 0.4) is 0 Å². The van der Waals surface area contributed by atoms with E-state index in [9.17, 15) is 9.59 Å². The fourth-order valence-corrected chi connectivity index (χ4v) is 3.54. The number of nitrogens with zero attached hydrogens (tertiary/aromatic N) is 2. The molecular formula is C17H23N3O3S. The quantitative estimate of drug-likeness (QED) is 0.485. The van der Waals surface area contributed by atoms with Crippen molar-refractivity contribution in [2.45, 2.75) is 32.4 Å². The van der Waals surface area contributed by atoms with Gasteiger partial charge in [0.15, 0.2) is 5.17 Å². The minimum absolute atomic E-state index is 0.177. The van der Waals surface area contributed by atoms with Gasteiger partial charge in [0, 0.05) is 25.6 Å². The van der Waals surface area contributed by atoms with E-state index in [4.69, 9.17) is 4.74 Å². The Morgan fingerprint density at radius 3 is 2.83 bits per heavy atom. The van der Waals surface area contributed by atoms with E-state index >= 15 is 0 Å². The highest BCUT2D eigenvalue weighted by Gasteiger charge is 2.40. The fraction of sp³-hybridized carbons (Fsp3) is 0.471. The average Bonchev–Trinajstić information content (AvgIpc) is 2.82. The number of amides is 2. The summed E-state index contributed by atoms with van der Waals surface area (Å²) in [5, 5.41) is 3.40. The Morgan fingerprint density at radius 1 is 1.38 bits per heavy atom. The summed E-state index contributed by atoms with van der Waals surface area (Å²) < 4.78 is 5.45. The lowest BCUT2D eigenvalue weighted by Gasteiger charge is -2.16. The Balaban J connectivity index is 2.16. The summed E-state index contributed by atoms with van der Waals surface area (Å²) in [7, 11) is 0. The van der Waals surface area contributed by atoms with Crippen molar-refractivity contribution in [3.05, 3.63) is 24.3 Å². The van der Waals surface area contributed by atoms with Gasteiger partial charge in [0.05, 0.1) is 12.3 Å². The van der Waals surface area contributed by atoms with Crippen molar-refractivity contribution in [3.63, 3.8) is 0 Å². The van der Waals surface area contributed by atoms with Crippen molar-refractivity contribution in [1.29, 1.82) is 0 Å². The lowest BCUT2D eigenvalue weighted by molar-refractivity contribution is -0.121. The number of carbonyl (C=O) groups is 2. The van der Waals surface area contributed by atoms with Crippen molar-refractivity contribution in [2.75, 3.05) is 24.6 Å². The number of rotatable bonds is 6. The molecule has 0 aliphatic carbocycles. The molecule has 130 valence electrons. The van der Waals surface area contributed by atoms with E-state index in [1.54, 1.807) is 24.3 Å². The van der Waals surface area contributed by atoms with Gasteiger partial charge in [-0.3, -0.25) is 14.6 Å². The summed E-state index contributed by atoms with van der Waals surface area (Å²) in [6.45, 7) is 7.68. The van der Waals surface area contributed by atoms with Crippen LogP contribution in [0.4, 0.5) is 5.69 Å². The van der Waals surface area contributed by atoms with Gasteiger partial charge in [-0.05, 0) is 32.9 Å². The molecule has 0 unspecified atom stereocenters. The van der Waals surface area contributed by atoms with Crippen LogP contribution in [-0.2, 0) is 9.59 Å². The molecule has 7 heteroatoms. The molecule has 1 aliphatic rings. The number of anilines is 1. The number of hydrogen-bond donors (Lipinski definition) is 1. The van der Waals surface area contributed by atoms with Gasteiger partial charge in [-0.2, -0.15) is 0 Å². The van der Waals surface area contributed by atoms with Crippen LogP contribution < -0.4 is 15.0 Å². The first-order valence-electron chi connectivity index (χ1n) is 8.15. The van der Waals surface area contributed by atoms with Crippen LogP contribution in [0, 0.1) is 0 Å². The zero-order valence-electron chi connectivity index (χ0n) is 14.2.